The zero-order valence-corrected chi connectivity index (χ0v) is 16.8. The molecule has 1 atom stereocenters. The number of amides is 1. The lowest BCUT2D eigenvalue weighted by atomic mass is 10.2. The number of hydrogen-bond acceptors (Lipinski definition) is 5. The molecule has 30 heavy (non-hydrogen) atoms. The van der Waals surface area contributed by atoms with Crippen LogP contribution in [0.1, 0.15) is 18.1 Å². The van der Waals surface area contributed by atoms with Crippen LogP contribution in [-0.2, 0) is 20.9 Å². The largest absolute Gasteiger partial charge is 0.497 e. The van der Waals surface area contributed by atoms with Gasteiger partial charge in [-0.05, 0) is 30.7 Å². The van der Waals surface area contributed by atoms with Crippen molar-refractivity contribution in [1.29, 1.82) is 0 Å². The Kier molecular flexibility index (Phi) is 7.00. The summed E-state index contributed by atoms with van der Waals surface area (Å²) in [7, 11) is 1.54. The third kappa shape index (κ3) is 6.07. The molecule has 0 aliphatic heterocycles. The van der Waals surface area contributed by atoms with E-state index in [1.54, 1.807) is 48.3 Å². The summed E-state index contributed by atoms with van der Waals surface area (Å²) in [6.45, 7) is 2.15. The van der Waals surface area contributed by atoms with Crippen LogP contribution in [0.4, 0.5) is 5.69 Å². The predicted octanol–water partition coefficient (Wildman–Crippen LogP) is 3.52. The Morgan fingerprint density at radius 2 is 1.97 bits per heavy atom. The molecular formula is C23H23N3O4. The van der Waals surface area contributed by atoms with Crippen molar-refractivity contribution in [3.63, 3.8) is 0 Å². The van der Waals surface area contributed by atoms with E-state index in [0.717, 1.165) is 11.1 Å². The molecule has 0 spiro atoms. The van der Waals surface area contributed by atoms with Crippen molar-refractivity contribution in [3.05, 3.63) is 84.2 Å². The van der Waals surface area contributed by atoms with E-state index in [0.29, 0.717) is 18.0 Å². The first kappa shape index (κ1) is 20.9. The van der Waals surface area contributed by atoms with E-state index < -0.39 is 18.0 Å². The van der Waals surface area contributed by atoms with Crippen LogP contribution in [0.3, 0.4) is 0 Å². The molecule has 0 bridgehead atoms. The number of nitrogens with one attached hydrogen (secondary N) is 1. The SMILES string of the molecule is COc1cccc(NC(=O)[C@H](C)OC(=O)/C=C/c2cnn(Cc3ccccc3)c2)c1. The van der Waals surface area contributed by atoms with E-state index in [1.165, 1.54) is 13.0 Å². The molecule has 0 saturated carbocycles. The van der Waals surface area contributed by atoms with E-state index in [2.05, 4.69) is 10.4 Å². The lowest BCUT2D eigenvalue weighted by molar-refractivity contribution is -0.148. The summed E-state index contributed by atoms with van der Waals surface area (Å²) in [4.78, 5) is 24.3. The zero-order chi connectivity index (χ0) is 21.3. The minimum absolute atomic E-state index is 0.430. The topological polar surface area (TPSA) is 82.4 Å². The molecule has 0 radical (unpaired) electrons. The number of benzene rings is 2. The van der Waals surface area contributed by atoms with E-state index in [9.17, 15) is 9.59 Å². The molecule has 1 aromatic heterocycles. The Morgan fingerprint density at radius 1 is 1.17 bits per heavy atom. The molecule has 0 unspecified atom stereocenters. The number of nitrogens with zero attached hydrogens (tertiary/aromatic N) is 2. The summed E-state index contributed by atoms with van der Waals surface area (Å²) in [6, 6.07) is 16.9. The number of carbonyl (C=O) groups is 2. The number of hydrogen-bond donors (Lipinski definition) is 1. The normalized spacial score (nSPS) is 11.8. The van der Waals surface area contributed by atoms with Gasteiger partial charge in [-0.3, -0.25) is 9.48 Å². The van der Waals surface area contributed by atoms with Crippen LogP contribution >= 0.6 is 0 Å². The van der Waals surface area contributed by atoms with Gasteiger partial charge in [0.1, 0.15) is 5.75 Å². The van der Waals surface area contributed by atoms with Gasteiger partial charge in [0.2, 0.25) is 0 Å². The Labute approximate surface area is 174 Å². The quantitative estimate of drug-likeness (QED) is 0.458. The summed E-state index contributed by atoms with van der Waals surface area (Å²) in [6.07, 6.45) is 5.42. The summed E-state index contributed by atoms with van der Waals surface area (Å²) in [5, 5.41) is 6.97. The van der Waals surface area contributed by atoms with Crippen molar-refractivity contribution in [3.8, 4) is 5.75 Å². The average molecular weight is 405 g/mol. The molecule has 0 aliphatic carbocycles. The molecule has 7 nitrogen and oxygen atoms in total. The summed E-state index contributed by atoms with van der Waals surface area (Å²) < 4.78 is 12.1. The predicted molar refractivity (Wildman–Crippen MR) is 114 cm³/mol. The second-order valence-corrected chi connectivity index (χ2v) is 6.59. The lowest BCUT2D eigenvalue weighted by Crippen LogP contribution is -2.29. The second-order valence-electron chi connectivity index (χ2n) is 6.59. The molecule has 0 saturated heterocycles. The summed E-state index contributed by atoms with van der Waals surface area (Å²) in [5.41, 5.74) is 2.45. The Hall–Kier alpha value is -3.87. The molecule has 3 aromatic rings. The van der Waals surface area contributed by atoms with E-state index in [-0.39, 0.29) is 0 Å². The number of ether oxygens (including phenoxy) is 2. The monoisotopic (exact) mass is 405 g/mol. The third-order valence-electron chi connectivity index (χ3n) is 4.25. The zero-order valence-electron chi connectivity index (χ0n) is 16.8. The number of methoxy groups -OCH3 is 1. The molecule has 0 fully saturated rings. The van der Waals surface area contributed by atoms with Gasteiger partial charge in [0, 0.05) is 29.6 Å². The molecule has 7 heteroatoms. The lowest BCUT2D eigenvalue weighted by Gasteiger charge is -2.12. The fourth-order valence-electron chi connectivity index (χ4n) is 2.70. The van der Waals surface area contributed by atoms with Crippen LogP contribution in [0.15, 0.2) is 73.1 Å². The highest BCUT2D eigenvalue weighted by atomic mass is 16.5. The maximum atomic E-state index is 12.2. The number of aromatic nitrogens is 2. The van der Waals surface area contributed by atoms with Gasteiger partial charge in [-0.2, -0.15) is 5.10 Å². The first-order valence-electron chi connectivity index (χ1n) is 9.43. The average Bonchev–Trinajstić information content (AvgIpc) is 3.20. The Bertz CT molecular complexity index is 1030. The number of carbonyl (C=O) groups excluding carboxylic acids is 2. The summed E-state index contributed by atoms with van der Waals surface area (Å²) >= 11 is 0. The first-order valence-corrected chi connectivity index (χ1v) is 9.43. The van der Waals surface area contributed by atoms with Crippen LogP contribution in [0.5, 0.6) is 5.75 Å². The van der Waals surface area contributed by atoms with Crippen LogP contribution in [-0.4, -0.2) is 34.9 Å². The highest BCUT2D eigenvalue weighted by Gasteiger charge is 2.17. The van der Waals surface area contributed by atoms with Gasteiger partial charge >= 0.3 is 5.97 Å². The van der Waals surface area contributed by atoms with E-state index in [4.69, 9.17) is 9.47 Å². The molecule has 154 valence electrons. The summed E-state index contributed by atoms with van der Waals surface area (Å²) in [5.74, 6) is -0.423. The molecule has 3 rings (SSSR count). The van der Waals surface area contributed by atoms with Gasteiger partial charge in [0.25, 0.3) is 5.91 Å². The maximum Gasteiger partial charge on any atom is 0.331 e. The molecule has 1 amide bonds. The van der Waals surface area contributed by atoms with Crippen molar-refractivity contribution in [2.75, 3.05) is 12.4 Å². The highest BCUT2D eigenvalue weighted by Crippen LogP contribution is 2.17. The van der Waals surface area contributed by atoms with Crippen molar-refractivity contribution in [1.82, 2.24) is 9.78 Å². The Morgan fingerprint density at radius 3 is 2.73 bits per heavy atom. The van der Waals surface area contributed by atoms with Gasteiger partial charge in [-0.1, -0.05) is 36.4 Å². The van der Waals surface area contributed by atoms with Crippen molar-refractivity contribution < 1.29 is 19.1 Å². The molecule has 0 aliphatic rings. The number of esters is 1. The minimum Gasteiger partial charge on any atom is -0.497 e. The molecule has 2 aromatic carbocycles. The van der Waals surface area contributed by atoms with Gasteiger partial charge < -0.3 is 14.8 Å². The van der Waals surface area contributed by atoms with Crippen molar-refractivity contribution >= 4 is 23.6 Å². The van der Waals surface area contributed by atoms with Crippen molar-refractivity contribution in [2.45, 2.75) is 19.6 Å². The third-order valence-corrected chi connectivity index (χ3v) is 4.25. The highest BCUT2D eigenvalue weighted by molar-refractivity contribution is 5.96. The standard InChI is InChI=1S/C23H23N3O4/c1-17(23(28)25-20-9-6-10-21(13-20)29-2)30-22(27)12-11-19-14-24-26(16-19)15-18-7-4-3-5-8-18/h3-14,16-17H,15H2,1-2H3,(H,25,28)/b12-11+/t17-/m0/s1. The second kappa shape index (κ2) is 10.1. The van der Waals surface area contributed by atoms with Crippen LogP contribution in [0.2, 0.25) is 0 Å². The maximum absolute atomic E-state index is 12.2. The first-order chi connectivity index (χ1) is 14.5. The van der Waals surface area contributed by atoms with E-state index >= 15 is 0 Å². The minimum atomic E-state index is -0.950. The smallest absolute Gasteiger partial charge is 0.331 e. The van der Waals surface area contributed by atoms with Crippen molar-refractivity contribution in [2.24, 2.45) is 0 Å². The Balaban J connectivity index is 1.50. The molecule has 1 N–H and O–H groups in total. The van der Waals surface area contributed by atoms with Crippen LogP contribution in [0.25, 0.3) is 6.08 Å². The fraction of sp³-hybridized carbons (Fsp3) is 0.174. The molecule has 1 heterocycles. The molecular weight excluding hydrogens is 382 g/mol. The van der Waals surface area contributed by atoms with Gasteiger partial charge in [-0.25, -0.2) is 4.79 Å². The van der Waals surface area contributed by atoms with Gasteiger partial charge in [0.15, 0.2) is 6.10 Å². The van der Waals surface area contributed by atoms with Crippen LogP contribution < -0.4 is 10.1 Å². The number of rotatable bonds is 8. The van der Waals surface area contributed by atoms with Crippen LogP contribution in [0, 0.1) is 0 Å². The fourth-order valence-corrected chi connectivity index (χ4v) is 2.70. The van der Waals surface area contributed by atoms with Gasteiger partial charge in [-0.15, -0.1) is 0 Å². The van der Waals surface area contributed by atoms with Gasteiger partial charge in [0.05, 0.1) is 19.9 Å². The number of anilines is 1. The van der Waals surface area contributed by atoms with E-state index in [1.807, 2.05) is 36.5 Å².